The van der Waals surface area contributed by atoms with E-state index in [4.69, 9.17) is 9.15 Å². The summed E-state index contributed by atoms with van der Waals surface area (Å²) in [7, 11) is 0. The first-order chi connectivity index (χ1) is 13.3. The Labute approximate surface area is 158 Å². The van der Waals surface area contributed by atoms with Crippen molar-refractivity contribution in [2.24, 2.45) is 5.92 Å². The van der Waals surface area contributed by atoms with E-state index in [0.29, 0.717) is 23.8 Å². The average molecular weight is 362 g/mol. The third-order valence-corrected chi connectivity index (χ3v) is 4.91. The molecule has 1 atom stereocenters. The molecule has 0 saturated carbocycles. The quantitative estimate of drug-likeness (QED) is 0.620. The average Bonchev–Trinajstić information content (AvgIpc) is 3.39. The summed E-state index contributed by atoms with van der Waals surface area (Å²) in [5, 5.41) is 0. The van der Waals surface area contributed by atoms with Crippen LogP contribution < -0.4 is 0 Å². The number of likely N-dealkylation sites (tertiary alicyclic amines) is 1. The molecular weight excluding hydrogens is 340 g/mol. The molecule has 5 heteroatoms. The molecule has 4 rings (SSSR count). The maximum atomic E-state index is 12.3. The molecule has 2 aromatic carbocycles. The predicted molar refractivity (Wildman–Crippen MR) is 102 cm³/mol. The number of hydrogen-bond acceptors (Lipinski definition) is 5. The van der Waals surface area contributed by atoms with E-state index < -0.39 is 0 Å². The monoisotopic (exact) mass is 362 g/mol. The molecule has 0 N–H and O–H groups in total. The molecule has 0 spiro atoms. The van der Waals surface area contributed by atoms with E-state index in [1.165, 1.54) is 12.0 Å². The standard InChI is InChI=1S/C22H22N2O3/c25-22(20-8-6-19(7-9-20)21-12-23-16-27-21)26-15-18-10-11-24(14-18)13-17-4-2-1-3-5-17/h1-9,12,16,18H,10-11,13-15H2/t18-/m1/s1. The summed E-state index contributed by atoms with van der Waals surface area (Å²) in [5.74, 6) is 0.797. The number of nitrogens with zero attached hydrogens (tertiary/aromatic N) is 2. The third kappa shape index (κ3) is 4.44. The van der Waals surface area contributed by atoms with Crippen LogP contribution in [0.5, 0.6) is 0 Å². The van der Waals surface area contributed by atoms with E-state index in [9.17, 15) is 4.79 Å². The van der Waals surface area contributed by atoms with E-state index in [2.05, 4.69) is 34.1 Å². The molecule has 0 radical (unpaired) electrons. The second kappa shape index (κ2) is 8.18. The SMILES string of the molecule is O=C(OC[C@@H]1CCN(Cc2ccccc2)C1)c1ccc(-c2cnco2)cc1. The first-order valence-electron chi connectivity index (χ1n) is 9.20. The fraction of sp³-hybridized carbons (Fsp3) is 0.273. The summed E-state index contributed by atoms with van der Waals surface area (Å²) >= 11 is 0. The van der Waals surface area contributed by atoms with Crippen molar-refractivity contribution >= 4 is 5.97 Å². The zero-order valence-corrected chi connectivity index (χ0v) is 15.1. The molecule has 1 fully saturated rings. The predicted octanol–water partition coefficient (Wildman–Crippen LogP) is 4.02. The second-order valence-corrected chi connectivity index (χ2v) is 6.92. The van der Waals surface area contributed by atoms with Gasteiger partial charge in [0.2, 0.25) is 0 Å². The maximum Gasteiger partial charge on any atom is 0.338 e. The molecule has 0 aliphatic carbocycles. The van der Waals surface area contributed by atoms with Gasteiger partial charge in [-0.2, -0.15) is 0 Å². The van der Waals surface area contributed by atoms with Gasteiger partial charge in [0.15, 0.2) is 12.2 Å². The van der Waals surface area contributed by atoms with Gasteiger partial charge in [0, 0.05) is 24.6 Å². The number of ether oxygens (including phenoxy) is 1. The minimum Gasteiger partial charge on any atom is -0.462 e. The van der Waals surface area contributed by atoms with Crippen molar-refractivity contribution in [1.29, 1.82) is 0 Å². The van der Waals surface area contributed by atoms with Crippen molar-refractivity contribution in [3.8, 4) is 11.3 Å². The zero-order valence-electron chi connectivity index (χ0n) is 15.1. The Morgan fingerprint density at radius 3 is 2.70 bits per heavy atom. The Balaban J connectivity index is 1.26. The van der Waals surface area contributed by atoms with E-state index in [0.717, 1.165) is 31.6 Å². The first kappa shape index (κ1) is 17.5. The molecule has 1 saturated heterocycles. The summed E-state index contributed by atoms with van der Waals surface area (Å²) in [6, 6.07) is 17.7. The number of benzene rings is 2. The van der Waals surface area contributed by atoms with Crippen LogP contribution in [0.2, 0.25) is 0 Å². The Kier molecular flexibility index (Phi) is 5.30. The number of carbonyl (C=O) groups excluding carboxylic acids is 1. The lowest BCUT2D eigenvalue weighted by molar-refractivity contribution is 0.0443. The van der Waals surface area contributed by atoms with Crippen molar-refractivity contribution < 1.29 is 13.9 Å². The summed E-state index contributed by atoms with van der Waals surface area (Å²) in [5.41, 5.74) is 2.76. The number of aromatic nitrogens is 1. The number of oxazole rings is 1. The van der Waals surface area contributed by atoms with Crippen LogP contribution >= 0.6 is 0 Å². The van der Waals surface area contributed by atoms with Gasteiger partial charge in [0.25, 0.3) is 0 Å². The van der Waals surface area contributed by atoms with E-state index in [1.54, 1.807) is 18.3 Å². The molecule has 1 aliphatic rings. The van der Waals surface area contributed by atoms with E-state index in [1.807, 2.05) is 18.2 Å². The lowest BCUT2D eigenvalue weighted by Crippen LogP contribution is -2.22. The van der Waals surface area contributed by atoms with Crippen LogP contribution in [0.3, 0.4) is 0 Å². The van der Waals surface area contributed by atoms with Crippen LogP contribution in [0.1, 0.15) is 22.3 Å². The number of esters is 1. The Bertz CT molecular complexity index is 860. The smallest absolute Gasteiger partial charge is 0.338 e. The van der Waals surface area contributed by atoms with Gasteiger partial charge < -0.3 is 9.15 Å². The molecule has 3 aromatic rings. The van der Waals surface area contributed by atoms with Crippen LogP contribution in [-0.2, 0) is 11.3 Å². The molecule has 1 aromatic heterocycles. The molecular formula is C22H22N2O3. The number of rotatable bonds is 6. The zero-order chi connectivity index (χ0) is 18.5. The Morgan fingerprint density at radius 1 is 1.15 bits per heavy atom. The topological polar surface area (TPSA) is 55.6 Å². The van der Waals surface area contributed by atoms with Gasteiger partial charge in [-0.15, -0.1) is 0 Å². The van der Waals surface area contributed by atoms with E-state index in [-0.39, 0.29) is 5.97 Å². The third-order valence-electron chi connectivity index (χ3n) is 4.91. The Morgan fingerprint density at radius 2 is 1.96 bits per heavy atom. The summed E-state index contributed by atoms with van der Waals surface area (Å²) in [6.45, 7) is 3.43. The van der Waals surface area contributed by atoms with Crippen molar-refractivity contribution in [3.05, 3.63) is 78.3 Å². The van der Waals surface area contributed by atoms with Crippen LogP contribution in [-0.4, -0.2) is 35.5 Å². The molecule has 5 nitrogen and oxygen atoms in total. The van der Waals surface area contributed by atoms with Gasteiger partial charge in [-0.05, 0) is 30.7 Å². The molecule has 0 bridgehead atoms. The van der Waals surface area contributed by atoms with Crippen LogP contribution in [0.25, 0.3) is 11.3 Å². The normalized spacial score (nSPS) is 17.1. The van der Waals surface area contributed by atoms with Crippen molar-refractivity contribution in [2.75, 3.05) is 19.7 Å². The molecule has 27 heavy (non-hydrogen) atoms. The largest absolute Gasteiger partial charge is 0.462 e. The maximum absolute atomic E-state index is 12.3. The summed E-state index contributed by atoms with van der Waals surface area (Å²) < 4.78 is 10.8. The minimum absolute atomic E-state index is 0.277. The highest BCUT2D eigenvalue weighted by atomic mass is 16.5. The summed E-state index contributed by atoms with van der Waals surface area (Å²) in [4.78, 5) is 18.6. The second-order valence-electron chi connectivity index (χ2n) is 6.92. The molecule has 1 aliphatic heterocycles. The van der Waals surface area contributed by atoms with Gasteiger partial charge >= 0.3 is 5.97 Å². The van der Waals surface area contributed by atoms with Gasteiger partial charge in [-0.25, -0.2) is 9.78 Å². The van der Waals surface area contributed by atoms with Crippen molar-refractivity contribution in [1.82, 2.24) is 9.88 Å². The molecule has 0 amide bonds. The highest BCUT2D eigenvalue weighted by Gasteiger charge is 2.24. The van der Waals surface area contributed by atoms with Gasteiger partial charge in [-0.3, -0.25) is 4.90 Å². The Hall–Kier alpha value is -2.92. The van der Waals surface area contributed by atoms with Crippen molar-refractivity contribution in [2.45, 2.75) is 13.0 Å². The van der Waals surface area contributed by atoms with Gasteiger partial charge in [0.1, 0.15) is 0 Å². The highest BCUT2D eigenvalue weighted by Crippen LogP contribution is 2.21. The molecule has 138 valence electrons. The fourth-order valence-corrected chi connectivity index (χ4v) is 3.44. The fourth-order valence-electron chi connectivity index (χ4n) is 3.44. The first-order valence-corrected chi connectivity index (χ1v) is 9.20. The van der Waals surface area contributed by atoms with Crippen molar-refractivity contribution in [3.63, 3.8) is 0 Å². The minimum atomic E-state index is -0.277. The highest BCUT2D eigenvalue weighted by molar-refractivity contribution is 5.89. The van der Waals surface area contributed by atoms with Crippen LogP contribution in [0.15, 0.2) is 71.6 Å². The van der Waals surface area contributed by atoms with E-state index >= 15 is 0 Å². The number of carbonyl (C=O) groups is 1. The molecule has 0 unspecified atom stereocenters. The lowest BCUT2D eigenvalue weighted by atomic mass is 10.1. The van der Waals surface area contributed by atoms with Gasteiger partial charge in [-0.1, -0.05) is 42.5 Å². The number of hydrogen-bond donors (Lipinski definition) is 0. The van der Waals surface area contributed by atoms with Crippen LogP contribution in [0.4, 0.5) is 0 Å². The lowest BCUT2D eigenvalue weighted by Gasteiger charge is -2.16. The molecule has 2 heterocycles. The summed E-state index contributed by atoms with van der Waals surface area (Å²) in [6.07, 6.45) is 4.10. The van der Waals surface area contributed by atoms with Crippen LogP contribution in [0, 0.1) is 5.92 Å². The van der Waals surface area contributed by atoms with Gasteiger partial charge in [0.05, 0.1) is 18.4 Å².